The van der Waals surface area contributed by atoms with Crippen molar-refractivity contribution < 1.29 is 60.4 Å². The summed E-state index contributed by atoms with van der Waals surface area (Å²) in [6.07, 6.45) is -4.11. The van der Waals surface area contributed by atoms with Gasteiger partial charge < -0.3 is 56.5 Å². The lowest BCUT2D eigenvalue weighted by atomic mass is 9.77. The van der Waals surface area contributed by atoms with Gasteiger partial charge in [0.05, 0.1) is 87.5 Å². The summed E-state index contributed by atoms with van der Waals surface area (Å²) in [7, 11) is 0. The third kappa shape index (κ3) is 12.3. The summed E-state index contributed by atoms with van der Waals surface area (Å²) in [6, 6.07) is 44.4. The number of pyridine rings is 2. The summed E-state index contributed by atoms with van der Waals surface area (Å²) in [5.41, 5.74) is 11.4. The van der Waals surface area contributed by atoms with Crippen molar-refractivity contribution in [2.24, 2.45) is 5.73 Å². The van der Waals surface area contributed by atoms with Gasteiger partial charge in [0.15, 0.2) is 22.3 Å². The molecule has 104 heavy (non-hydrogen) atoms. The number of phenolic OH excluding ortho intramolecular Hbond substituents is 2. The number of alkyl halides is 6. The van der Waals surface area contributed by atoms with Crippen molar-refractivity contribution in [2.45, 2.75) is 56.0 Å². The van der Waals surface area contributed by atoms with Crippen molar-refractivity contribution in [3.8, 4) is 56.9 Å². The second-order valence-electron chi connectivity index (χ2n) is 25.3. The number of benzene rings is 7. The van der Waals surface area contributed by atoms with Crippen LogP contribution in [0.25, 0.3) is 33.9 Å². The fourth-order valence-electron chi connectivity index (χ4n) is 13.9. The van der Waals surface area contributed by atoms with E-state index in [1.54, 1.807) is 135 Å². The number of nitrogens with zero attached hydrogens (tertiary/aromatic N) is 12. The van der Waals surface area contributed by atoms with Crippen molar-refractivity contribution in [2.75, 3.05) is 61.7 Å². The van der Waals surface area contributed by atoms with Gasteiger partial charge in [0.2, 0.25) is 0 Å². The van der Waals surface area contributed by atoms with Gasteiger partial charge in [-0.1, -0.05) is 52.9 Å². The number of anilines is 7. The molecule has 10 heterocycles. The van der Waals surface area contributed by atoms with E-state index in [2.05, 4.69) is 51.7 Å². The molecule has 524 valence electrons. The molecule has 0 unspecified atom stereocenters. The van der Waals surface area contributed by atoms with Crippen LogP contribution < -0.4 is 51.3 Å². The summed E-state index contributed by atoms with van der Waals surface area (Å²) >= 11 is 5.60. The van der Waals surface area contributed by atoms with Crippen LogP contribution in [0.15, 0.2) is 188 Å². The molecule has 11 aromatic rings. The second-order valence-corrected chi connectivity index (χ2v) is 25.7. The first-order valence-electron chi connectivity index (χ1n) is 32.7. The molecular formula is C73H57F6N17O7S. The SMILES string of the molecule is NCc1cn(-c2cccc(NC(=O)N3c4nc(-c5cccc(C(F)(F)F)c5)ccc4N4CC[C@H]3C4)c2)nn1.O=C1OC2(c3ccc(O)cc3Oc3cc(O)ccc32)c2ccc(NC(=S)NCc3cn(-c4cccc(NC(=O)N5c6nc(-c7cccc(C(F)(F)F)c7)ccc6N6CC[C@H]5C6)c4)nn3)cc21. The molecule has 4 aromatic heterocycles. The van der Waals surface area contributed by atoms with Gasteiger partial charge >= 0.3 is 30.4 Å². The van der Waals surface area contributed by atoms with Crippen LogP contribution in [0.1, 0.15) is 62.4 Å². The van der Waals surface area contributed by atoms with Gasteiger partial charge in [-0.3, -0.25) is 9.80 Å². The zero-order valence-electron chi connectivity index (χ0n) is 54.3. The normalized spacial score (nSPS) is 16.2. The molecule has 17 rings (SSSR count). The number of amides is 4. The van der Waals surface area contributed by atoms with Crippen LogP contribution >= 0.6 is 12.2 Å². The first kappa shape index (κ1) is 65.9. The number of thiocarbonyl (C=S) groups is 1. The number of phenols is 2. The summed E-state index contributed by atoms with van der Waals surface area (Å²) in [6.45, 7) is 3.18. The molecule has 6 aliphatic rings. The van der Waals surface area contributed by atoms with Crippen LogP contribution in [0.2, 0.25) is 0 Å². The van der Waals surface area contributed by atoms with E-state index in [0.29, 0.717) is 111 Å². The summed E-state index contributed by atoms with van der Waals surface area (Å²) in [5.74, 6) is 0.677. The number of nitrogens with one attached hydrogen (secondary N) is 4. The molecule has 2 fully saturated rings. The van der Waals surface area contributed by atoms with E-state index >= 15 is 0 Å². The Hall–Kier alpha value is -12.6. The first-order chi connectivity index (χ1) is 50.1. The topological polar surface area (TPSA) is 284 Å². The average Bonchev–Trinajstić information content (AvgIpc) is 1.49. The lowest BCUT2D eigenvalue weighted by Gasteiger charge is -2.36. The van der Waals surface area contributed by atoms with Crippen LogP contribution in [0.4, 0.5) is 76.0 Å². The van der Waals surface area contributed by atoms with Crippen LogP contribution in [0.3, 0.4) is 0 Å². The van der Waals surface area contributed by atoms with Crippen molar-refractivity contribution in [1.82, 2.24) is 45.3 Å². The van der Waals surface area contributed by atoms with Crippen LogP contribution in [0.5, 0.6) is 23.0 Å². The van der Waals surface area contributed by atoms with Crippen molar-refractivity contribution in [3.63, 3.8) is 0 Å². The number of aromatic nitrogens is 8. The van der Waals surface area contributed by atoms with Gasteiger partial charge in [0, 0.05) is 89.7 Å². The van der Waals surface area contributed by atoms with E-state index in [1.165, 1.54) is 36.4 Å². The first-order valence-corrected chi connectivity index (χ1v) is 33.1. The van der Waals surface area contributed by atoms with Gasteiger partial charge in [-0.15, -0.1) is 10.2 Å². The van der Waals surface area contributed by atoms with E-state index < -0.39 is 41.1 Å². The lowest BCUT2D eigenvalue weighted by molar-refractivity contribution is -0.138. The highest BCUT2D eigenvalue weighted by Crippen LogP contribution is 2.57. The molecule has 7 aromatic carbocycles. The minimum absolute atomic E-state index is 0.0420. The van der Waals surface area contributed by atoms with Gasteiger partial charge in [0.25, 0.3) is 0 Å². The van der Waals surface area contributed by atoms with Gasteiger partial charge in [-0.25, -0.2) is 33.7 Å². The van der Waals surface area contributed by atoms with Crippen LogP contribution in [-0.2, 0) is 35.8 Å². The molecule has 0 saturated carbocycles. The molecule has 0 radical (unpaired) electrons. The predicted octanol–water partition coefficient (Wildman–Crippen LogP) is 12.9. The van der Waals surface area contributed by atoms with E-state index in [1.807, 2.05) is 12.1 Å². The van der Waals surface area contributed by atoms with E-state index in [-0.39, 0.29) is 70.4 Å². The third-order valence-electron chi connectivity index (χ3n) is 18.8. The number of fused-ring (bicyclic) bond motifs is 14. The zero-order valence-corrected chi connectivity index (χ0v) is 55.1. The van der Waals surface area contributed by atoms with Gasteiger partial charge in [0.1, 0.15) is 28.7 Å². The van der Waals surface area contributed by atoms with Crippen molar-refractivity contribution in [3.05, 3.63) is 233 Å². The Morgan fingerprint density at radius 2 is 1.07 bits per heavy atom. The maximum absolute atomic E-state index is 14.0. The Balaban J connectivity index is 0.000000186. The Morgan fingerprint density at radius 3 is 1.58 bits per heavy atom. The molecule has 1 spiro atoms. The fraction of sp³-hybridized carbons (Fsp3) is 0.178. The maximum atomic E-state index is 14.0. The highest BCUT2D eigenvalue weighted by Gasteiger charge is 2.54. The molecular weight excluding hydrogens is 1370 g/mol. The van der Waals surface area contributed by atoms with E-state index in [0.717, 1.165) is 48.6 Å². The number of rotatable bonds is 10. The molecule has 4 bridgehead atoms. The molecule has 4 amide bonds. The number of ether oxygens (including phenoxy) is 2. The molecule has 6 aliphatic heterocycles. The largest absolute Gasteiger partial charge is 0.508 e. The number of hydrogen-bond donors (Lipinski definition) is 7. The minimum atomic E-state index is -4.51. The highest BCUT2D eigenvalue weighted by atomic mass is 32.1. The van der Waals surface area contributed by atoms with E-state index in [4.69, 9.17) is 37.4 Å². The fourth-order valence-corrected chi connectivity index (χ4v) is 14.1. The molecule has 2 atom stereocenters. The quantitative estimate of drug-likeness (QED) is 0.0380. The Bertz CT molecular complexity index is 5250. The van der Waals surface area contributed by atoms with E-state index in [9.17, 15) is 50.9 Å². The number of hydrogen-bond acceptors (Lipinski definition) is 17. The number of urea groups is 2. The summed E-state index contributed by atoms with van der Waals surface area (Å²) in [5, 5.41) is 49.4. The second kappa shape index (κ2) is 25.8. The maximum Gasteiger partial charge on any atom is 0.416 e. The smallest absolute Gasteiger partial charge is 0.416 e. The monoisotopic (exact) mass is 1430 g/mol. The van der Waals surface area contributed by atoms with Crippen molar-refractivity contribution in [1.29, 1.82) is 0 Å². The minimum Gasteiger partial charge on any atom is -0.508 e. The van der Waals surface area contributed by atoms with Gasteiger partial charge in [-0.05, 0) is 146 Å². The molecule has 8 N–H and O–H groups in total. The number of carbonyl (C=O) groups excluding carboxylic acids is 3. The molecule has 24 nitrogen and oxygen atoms in total. The Labute approximate surface area is 591 Å². The zero-order chi connectivity index (χ0) is 71.9. The summed E-state index contributed by atoms with van der Waals surface area (Å²) < 4.78 is 95.8. The average molecular weight is 1430 g/mol. The lowest BCUT2D eigenvalue weighted by Crippen LogP contribution is -2.48. The number of halogens is 6. The predicted molar refractivity (Wildman–Crippen MR) is 375 cm³/mol. The number of aromatic hydroxyl groups is 2. The molecule has 0 aliphatic carbocycles. The number of nitrogens with two attached hydrogens (primary N) is 1. The van der Waals surface area contributed by atoms with Crippen LogP contribution in [-0.4, -0.2) is 112 Å². The molecule has 2 saturated heterocycles. The highest BCUT2D eigenvalue weighted by molar-refractivity contribution is 7.80. The third-order valence-corrected chi connectivity index (χ3v) is 19.0. The van der Waals surface area contributed by atoms with Gasteiger partial charge in [-0.2, -0.15) is 26.3 Å². The Kier molecular flexibility index (Phi) is 16.3. The molecule has 31 heteroatoms. The Morgan fingerprint density at radius 1 is 0.577 bits per heavy atom. The van der Waals surface area contributed by atoms with Crippen molar-refractivity contribution >= 4 is 75.4 Å². The number of esters is 1. The standard InChI is InChI=1S/C47H34F3N9O6S.C26H23F3N8O/c48-47(49,50)26-4-1-3-25(17-26)38-13-14-39-42(54-38)59(31-15-16-57(39)24-31)45(63)53-27-5-2-6-30(18-27)58-23-29(55-56-58)22-51-44(66)52-28-7-10-35-34(19-28)43(62)65-46(35)36-11-8-32(60)20-40(36)64-41-21-33(61)9-12-37(41)46;27-26(28,29)17-4-1-3-16(11-17)22-7-8-23-24(32-22)37(21-9-10-35(23)15-21)25(38)31-18-5-2-6-20(12-18)36-14-19(13-30)33-34-36/h1-14,17-21,23,31,60-61H,15-16,22,24H2,(H,53,63)(H2,51,52,66);1-8,11-12,14,21H,9-10,13,15,30H2,(H,31,38)/t31-;21-/m00/s1. The number of carbonyl (C=O) groups is 3. The summed E-state index contributed by atoms with van der Waals surface area (Å²) in [4.78, 5) is 58.1. The van der Waals surface area contributed by atoms with Crippen LogP contribution in [0, 0.1) is 0 Å².